The number of halogens is 1. The molecule has 0 amide bonds. The van der Waals surface area contributed by atoms with E-state index in [1.165, 1.54) is 29.5 Å². The summed E-state index contributed by atoms with van der Waals surface area (Å²) in [5.41, 5.74) is 4.83. The highest BCUT2D eigenvalue weighted by atomic mass is 32.2. The van der Waals surface area contributed by atoms with Gasteiger partial charge in [0.05, 0.1) is 17.6 Å². The number of ketones is 1. The molecule has 1 fully saturated rings. The second-order valence-corrected chi connectivity index (χ2v) is 8.74. The number of rotatable bonds is 5. The number of thioether (sulfide) groups is 1. The average molecular weight is 409 g/mol. The van der Waals surface area contributed by atoms with Crippen molar-refractivity contribution in [2.45, 2.75) is 32.6 Å². The van der Waals surface area contributed by atoms with Crippen LogP contribution in [0.4, 0.5) is 4.39 Å². The van der Waals surface area contributed by atoms with Gasteiger partial charge in [-0.25, -0.2) is 9.07 Å². The van der Waals surface area contributed by atoms with E-state index in [-0.39, 0.29) is 22.9 Å². The van der Waals surface area contributed by atoms with Crippen molar-refractivity contribution in [2.24, 2.45) is 11.3 Å². The quantitative estimate of drug-likeness (QED) is 0.466. The number of fused-ring (bicyclic) bond motifs is 2. The fourth-order valence-electron chi connectivity index (χ4n) is 4.78. The molecule has 2 aliphatic rings. The molecule has 4 rings (SSSR count). The molecule has 0 N–H and O–H groups in total. The molecule has 1 aromatic heterocycles. The lowest BCUT2D eigenvalue weighted by atomic mass is 9.58. The first-order valence-electron chi connectivity index (χ1n) is 9.91. The molecule has 2 unspecified atom stereocenters. The number of nitrogens with zero attached hydrogens (tertiary/aromatic N) is 2. The molecule has 2 aliphatic carbocycles. The first-order valence-corrected chi connectivity index (χ1v) is 11.2. The van der Waals surface area contributed by atoms with E-state index in [4.69, 9.17) is 0 Å². The number of allylic oxidation sites excluding steroid dienone is 3. The second-order valence-electron chi connectivity index (χ2n) is 8.03. The third kappa shape index (κ3) is 3.42. The Labute approximate surface area is 175 Å². The highest BCUT2D eigenvalue weighted by Crippen LogP contribution is 2.52. The summed E-state index contributed by atoms with van der Waals surface area (Å²) in [7, 11) is 0. The number of carbonyl (C=O) groups is 1. The molecule has 0 spiro atoms. The van der Waals surface area contributed by atoms with E-state index in [1.54, 1.807) is 18.2 Å². The molecule has 5 heteroatoms. The maximum atomic E-state index is 13.3. The van der Waals surface area contributed by atoms with Crippen LogP contribution in [0.3, 0.4) is 0 Å². The lowest BCUT2D eigenvalue weighted by molar-refractivity contribution is -0.122. The minimum absolute atomic E-state index is 0.0544. The average Bonchev–Trinajstić information content (AvgIpc) is 3.11. The second kappa shape index (κ2) is 7.79. The fraction of sp³-hybridized carbons (Fsp3) is 0.333. The number of carbonyl (C=O) groups excluding carboxylic acids is 1. The number of aromatic nitrogens is 2. The Bertz CT molecular complexity index is 1020. The molecule has 0 aliphatic heterocycles. The smallest absolute Gasteiger partial charge is 0.167 e. The van der Waals surface area contributed by atoms with Gasteiger partial charge in [0.25, 0.3) is 0 Å². The van der Waals surface area contributed by atoms with Gasteiger partial charge in [-0.1, -0.05) is 25.2 Å². The first kappa shape index (κ1) is 19.9. The highest BCUT2D eigenvalue weighted by molar-refractivity contribution is 8.01. The van der Waals surface area contributed by atoms with Crippen LogP contribution in [-0.2, 0) is 11.2 Å². The molecule has 0 bridgehead atoms. The van der Waals surface area contributed by atoms with E-state index in [0.29, 0.717) is 5.57 Å². The molecular weight excluding hydrogens is 383 g/mol. The Morgan fingerprint density at radius 2 is 2.14 bits per heavy atom. The predicted molar refractivity (Wildman–Crippen MR) is 117 cm³/mol. The van der Waals surface area contributed by atoms with Gasteiger partial charge in [-0.2, -0.15) is 5.10 Å². The molecule has 1 saturated carbocycles. The molecule has 1 heterocycles. The largest absolute Gasteiger partial charge is 0.294 e. The van der Waals surface area contributed by atoms with Crippen molar-refractivity contribution < 1.29 is 9.18 Å². The van der Waals surface area contributed by atoms with Crippen LogP contribution in [-0.4, -0.2) is 21.8 Å². The summed E-state index contributed by atoms with van der Waals surface area (Å²) in [5.74, 6) is -0.122. The van der Waals surface area contributed by atoms with Crippen molar-refractivity contribution in [3.05, 3.63) is 76.7 Å². The number of hydrogen-bond acceptors (Lipinski definition) is 3. The summed E-state index contributed by atoms with van der Waals surface area (Å²) in [6.45, 7) is 6.07. The number of hydrogen-bond donors (Lipinski definition) is 0. The predicted octanol–water partition coefficient (Wildman–Crippen LogP) is 5.76. The monoisotopic (exact) mass is 408 g/mol. The molecular formula is C24H25FN2OS. The molecule has 0 saturated heterocycles. The topological polar surface area (TPSA) is 34.9 Å². The van der Waals surface area contributed by atoms with Gasteiger partial charge in [0, 0.05) is 16.9 Å². The van der Waals surface area contributed by atoms with Gasteiger partial charge in [0.15, 0.2) is 5.78 Å². The molecule has 1 aromatic carbocycles. The van der Waals surface area contributed by atoms with E-state index in [9.17, 15) is 9.18 Å². The van der Waals surface area contributed by atoms with Crippen LogP contribution in [0.1, 0.15) is 37.4 Å². The van der Waals surface area contributed by atoms with Crippen LogP contribution in [0.25, 0.3) is 11.8 Å². The van der Waals surface area contributed by atoms with Crippen molar-refractivity contribution in [3.63, 3.8) is 0 Å². The van der Waals surface area contributed by atoms with Crippen molar-refractivity contribution in [1.29, 1.82) is 0 Å². The minimum Gasteiger partial charge on any atom is -0.294 e. The Hall–Kier alpha value is -2.40. The van der Waals surface area contributed by atoms with Crippen molar-refractivity contribution >= 4 is 23.6 Å². The maximum Gasteiger partial charge on any atom is 0.167 e. The van der Waals surface area contributed by atoms with Crippen molar-refractivity contribution in [3.8, 4) is 5.69 Å². The summed E-state index contributed by atoms with van der Waals surface area (Å²) in [4.78, 5) is 13.3. The molecule has 2 atom stereocenters. The minimum atomic E-state index is -0.259. The van der Waals surface area contributed by atoms with Crippen molar-refractivity contribution in [1.82, 2.24) is 9.78 Å². The van der Waals surface area contributed by atoms with E-state index < -0.39 is 0 Å². The maximum absolute atomic E-state index is 13.3. The summed E-state index contributed by atoms with van der Waals surface area (Å²) in [6.07, 6.45) is 11.4. The highest BCUT2D eigenvalue weighted by Gasteiger charge is 2.46. The Balaban J connectivity index is 1.73. The third-order valence-corrected chi connectivity index (χ3v) is 6.82. The summed E-state index contributed by atoms with van der Waals surface area (Å²) >= 11 is 1.54. The normalized spacial score (nSPS) is 23.8. The van der Waals surface area contributed by atoms with E-state index in [1.807, 2.05) is 22.5 Å². The van der Waals surface area contributed by atoms with Crippen molar-refractivity contribution in [2.75, 3.05) is 6.26 Å². The number of benzene rings is 1. The van der Waals surface area contributed by atoms with Gasteiger partial charge in [-0.05, 0) is 73.3 Å². The summed E-state index contributed by atoms with van der Waals surface area (Å²) in [6, 6.07) is 6.39. The van der Waals surface area contributed by atoms with E-state index in [0.717, 1.165) is 42.6 Å². The Kier molecular flexibility index (Phi) is 5.34. The zero-order valence-corrected chi connectivity index (χ0v) is 17.6. The lowest BCUT2D eigenvalue weighted by Gasteiger charge is -2.45. The Morgan fingerprint density at radius 3 is 2.83 bits per heavy atom. The van der Waals surface area contributed by atoms with Gasteiger partial charge in [-0.3, -0.25) is 4.79 Å². The zero-order chi connectivity index (χ0) is 20.6. The van der Waals surface area contributed by atoms with Gasteiger partial charge in [0.2, 0.25) is 0 Å². The standard InChI is InChI=1S/C24H25FN2OS/c1-4-16(15-29-3)23(28)21-7-5-6-18-12-22-17(13-24(18,21)2)14-26-27(22)20-10-8-19(25)9-11-20/h4,8-12,14-15,21H,1,5-7,13H2,2-3H3/b16-15+. The molecule has 3 nitrogen and oxygen atoms in total. The van der Waals surface area contributed by atoms with Gasteiger partial charge in [0.1, 0.15) is 5.82 Å². The van der Waals surface area contributed by atoms with Crippen LogP contribution < -0.4 is 0 Å². The lowest BCUT2D eigenvalue weighted by Crippen LogP contribution is -2.41. The first-order chi connectivity index (χ1) is 14.0. The van der Waals surface area contributed by atoms with Crippen LogP contribution in [0, 0.1) is 17.2 Å². The van der Waals surface area contributed by atoms with E-state index in [2.05, 4.69) is 24.7 Å². The molecule has 2 aromatic rings. The molecule has 0 radical (unpaired) electrons. The zero-order valence-electron chi connectivity index (χ0n) is 16.8. The third-order valence-electron chi connectivity index (χ3n) is 6.33. The summed E-state index contributed by atoms with van der Waals surface area (Å²) < 4.78 is 15.2. The Morgan fingerprint density at radius 1 is 1.38 bits per heavy atom. The van der Waals surface area contributed by atoms with Crippen LogP contribution in [0.2, 0.25) is 0 Å². The van der Waals surface area contributed by atoms with Gasteiger partial charge >= 0.3 is 0 Å². The van der Waals surface area contributed by atoms with Crippen LogP contribution in [0.15, 0.2) is 59.7 Å². The van der Waals surface area contributed by atoms with Crippen LogP contribution >= 0.6 is 11.8 Å². The summed E-state index contributed by atoms with van der Waals surface area (Å²) in [5, 5.41) is 6.47. The van der Waals surface area contributed by atoms with E-state index >= 15 is 0 Å². The molecule has 29 heavy (non-hydrogen) atoms. The molecule has 150 valence electrons. The van der Waals surface area contributed by atoms with Crippen LogP contribution in [0.5, 0.6) is 0 Å². The fourth-order valence-corrected chi connectivity index (χ4v) is 5.25. The number of Topliss-reactive ketones (excluding diaryl/α,β-unsaturated/α-hetero) is 1. The SMILES string of the molecule is C=C/C(=C\SC)C(=O)C1CCCC2=Cc3c(cnn3-c3ccc(F)cc3)CC21C. The van der Waals surface area contributed by atoms with Gasteiger partial charge < -0.3 is 0 Å². The van der Waals surface area contributed by atoms with Gasteiger partial charge in [-0.15, -0.1) is 11.8 Å².